The number of amides is 1. The summed E-state index contributed by atoms with van der Waals surface area (Å²) < 4.78 is 16.3. The van der Waals surface area contributed by atoms with E-state index in [4.69, 9.17) is 25.8 Å². The van der Waals surface area contributed by atoms with Crippen molar-refractivity contribution in [1.82, 2.24) is 0 Å². The Morgan fingerprint density at radius 2 is 1.74 bits per heavy atom. The molecule has 0 aromatic heterocycles. The van der Waals surface area contributed by atoms with Gasteiger partial charge in [0.2, 0.25) is 0 Å². The van der Waals surface area contributed by atoms with Gasteiger partial charge in [-0.15, -0.1) is 0 Å². The van der Waals surface area contributed by atoms with E-state index in [1.807, 2.05) is 66.7 Å². The van der Waals surface area contributed by atoms with Crippen LogP contribution >= 0.6 is 23.4 Å². The highest BCUT2D eigenvalue weighted by Gasteiger charge is 2.32. The van der Waals surface area contributed by atoms with E-state index in [0.29, 0.717) is 45.4 Å². The minimum absolute atomic E-state index is 0.210. The fraction of sp³-hybridized carbons (Fsp3) is 0.154. The first-order chi connectivity index (χ1) is 16.6. The highest BCUT2D eigenvalue weighted by atomic mass is 35.5. The van der Waals surface area contributed by atoms with Crippen molar-refractivity contribution in [2.24, 2.45) is 4.99 Å². The average Bonchev–Trinajstić information content (AvgIpc) is 3.18. The Morgan fingerprint density at radius 3 is 2.47 bits per heavy atom. The van der Waals surface area contributed by atoms with Gasteiger partial charge in [-0.2, -0.15) is 0 Å². The van der Waals surface area contributed by atoms with Crippen LogP contribution in [0.15, 0.2) is 83.5 Å². The molecule has 0 atom stereocenters. The van der Waals surface area contributed by atoms with E-state index >= 15 is 0 Å². The summed E-state index contributed by atoms with van der Waals surface area (Å²) in [5.41, 5.74) is 1.88. The zero-order valence-electron chi connectivity index (χ0n) is 18.7. The third-order valence-corrected chi connectivity index (χ3v) is 6.18. The van der Waals surface area contributed by atoms with Crippen LogP contribution in [0.25, 0.3) is 6.08 Å². The van der Waals surface area contributed by atoms with Gasteiger partial charge in [-0.3, -0.25) is 9.69 Å². The monoisotopic (exact) mass is 494 g/mol. The molecule has 1 amide bonds. The number of hydrogen-bond acceptors (Lipinski definition) is 6. The second-order valence-electron chi connectivity index (χ2n) is 7.17. The number of carbonyl (C=O) groups is 1. The first-order valence-corrected chi connectivity index (χ1v) is 11.9. The van der Waals surface area contributed by atoms with Crippen LogP contribution in [0.3, 0.4) is 0 Å². The molecule has 3 aromatic rings. The number of para-hydroxylation sites is 1. The van der Waals surface area contributed by atoms with Gasteiger partial charge in [0, 0.05) is 11.8 Å². The van der Waals surface area contributed by atoms with Gasteiger partial charge in [0.25, 0.3) is 5.91 Å². The number of thioether (sulfide) groups is 1. The average molecular weight is 495 g/mol. The van der Waals surface area contributed by atoms with Gasteiger partial charge in [0.05, 0.1) is 31.5 Å². The van der Waals surface area contributed by atoms with Crippen LogP contribution in [-0.4, -0.2) is 37.7 Å². The highest BCUT2D eigenvalue weighted by Crippen LogP contribution is 2.32. The van der Waals surface area contributed by atoms with Crippen molar-refractivity contribution >= 4 is 46.2 Å². The molecule has 0 fully saturated rings. The fourth-order valence-electron chi connectivity index (χ4n) is 3.27. The van der Waals surface area contributed by atoms with Gasteiger partial charge in [-0.1, -0.05) is 53.7 Å². The predicted octanol–water partition coefficient (Wildman–Crippen LogP) is 5.91. The number of nitrogens with zero attached hydrogens (tertiary/aromatic N) is 2. The van der Waals surface area contributed by atoms with Gasteiger partial charge in [-0.25, -0.2) is 4.99 Å². The van der Waals surface area contributed by atoms with Crippen LogP contribution in [0, 0.1) is 0 Å². The molecule has 3 aromatic carbocycles. The number of benzene rings is 3. The lowest BCUT2D eigenvalue weighted by Crippen LogP contribution is -2.30. The number of carbonyl (C=O) groups excluding carboxylic acids is 1. The molecule has 4 rings (SSSR count). The summed E-state index contributed by atoms with van der Waals surface area (Å²) in [5, 5.41) is 1.13. The maximum Gasteiger partial charge on any atom is 0.283 e. The van der Waals surface area contributed by atoms with Crippen molar-refractivity contribution in [3.63, 3.8) is 0 Å². The maximum atomic E-state index is 13.4. The minimum atomic E-state index is -0.210. The summed E-state index contributed by atoms with van der Waals surface area (Å²) in [6.07, 6.45) is 1.77. The third-order valence-electron chi connectivity index (χ3n) is 4.97. The largest absolute Gasteiger partial charge is 0.497 e. The number of hydrogen-bond donors (Lipinski definition) is 0. The van der Waals surface area contributed by atoms with Crippen LogP contribution in [0.1, 0.15) is 5.56 Å². The number of anilines is 1. The molecule has 174 valence electrons. The number of halogens is 1. The predicted molar refractivity (Wildman–Crippen MR) is 138 cm³/mol. The molecule has 0 spiro atoms. The molecule has 0 saturated heterocycles. The van der Waals surface area contributed by atoms with Crippen LogP contribution < -0.4 is 19.1 Å². The van der Waals surface area contributed by atoms with Crippen LogP contribution in [0.4, 0.5) is 5.69 Å². The molecule has 0 N–H and O–H groups in total. The van der Waals surface area contributed by atoms with Crippen LogP contribution in [-0.2, 0) is 4.79 Å². The number of amidine groups is 1. The smallest absolute Gasteiger partial charge is 0.283 e. The number of rotatable bonds is 8. The maximum absolute atomic E-state index is 13.4. The summed E-state index contributed by atoms with van der Waals surface area (Å²) >= 11 is 7.60. The summed E-state index contributed by atoms with van der Waals surface area (Å²) in [7, 11) is 3.21. The van der Waals surface area contributed by atoms with Crippen LogP contribution in [0.5, 0.6) is 17.2 Å². The van der Waals surface area contributed by atoms with Crippen molar-refractivity contribution in [1.29, 1.82) is 0 Å². The van der Waals surface area contributed by atoms with E-state index < -0.39 is 0 Å². The van der Waals surface area contributed by atoms with Crippen molar-refractivity contribution in [2.45, 2.75) is 0 Å². The molecule has 0 saturated carbocycles. The molecular formula is C26H23ClN2O4S. The molecule has 0 bridgehead atoms. The van der Waals surface area contributed by atoms with E-state index in [2.05, 4.69) is 4.99 Å². The fourth-order valence-corrected chi connectivity index (χ4v) is 4.29. The molecule has 0 aliphatic carbocycles. The van der Waals surface area contributed by atoms with E-state index in [9.17, 15) is 4.79 Å². The van der Waals surface area contributed by atoms with Crippen LogP contribution in [0.2, 0.25) is 5.02 Å². The van der Waals surface area contributed by atoms with Crippen molar-refractivity contribution < 1.29 is 19.0 Å². The summed E-state index contributed by atoms with van der Waals surface area (Å²) in [6, 6.07) is 22.1. The number of methoxy groups -OCH3 is 2. The van der Waals surface area contributed by atoms with Gasteiger partial charge in [0.1, 0.15) is 22.9 Å². The normalized spacial score (nSPS) is 14.3. The molecule has 1 aliphatic rings. The number of aliphatic imine (C=N–C) groups is 1. The number of ether oxygens (including phenoxy) is 3. The first-order valence-electron chi connectivity index (χ1n) is 10.5. The van der Waals surface area contributed by atoms with Gasteiger partial charge >= 0.3 is 0 Å². The van der Waals surface area contributed by atoms with E-state index in [0.717, 1.165) is 11.3 Å². The van der Waals surface area contributed by atoms with E-state index in [-0.39, 0.29) is 5.91 Å². The summed E-state index contributed by atoms with van der Waals surface area (Å²) in [5.74, 6) is 2.39. The first kappa shape index (κ1) is 23.7. The zero-order valence-corrected chi connectivity index (χ0v) is 20.3. The lowest BCUT2D eigenvalue weighted by Gasteiger charge is -2.18. The topological polar surface area (TPSA) is 60.4 Å². The molecule has 8 heteroatoms. The molecule has 0 radical (unpaired) electrons. The van der Waals surface area contributed by atoms with Crippen molar-refractivity contribution in [2.75, 3.05) is 31.5 Å². The van der Waals surface area contributed by atoms with Gasteiger partial charge in [0.15, 0.2) is 5.17 Å². The van der Waals surface area contributed by atoms with E-state index in [1.165, 1.54) is 11.8 Å². The Hall–Kier alpha value is -3.42. The second kappa shape index (κ2) is 11.1. The Balaban J connectivity index is 1.55. The van der Waals surface area contributed by atoms with Crippen molar-refractivity contribution in [3.8, 4) is 17.2 Å². The van der Waals surface area contributed by atoms with Gasteiger partial charge < -0.3 is 14.2 Å². The highest BCUT2D eigenvalue weighted by molar-refractivity contribution is 8.14. The Bertz CT molecular complexity index is 1230. The minimum Gasteiger partial charge on any atom is -0.497 e. The molecule has 34 heavy (non-hydrogen) atoms. The molecule has 0 unspecified atom stereocenters. The Labute approximate surface area is 207 Å². The quantitative estimate of drug-likeness (QED) is 0.287. The third kappa shape index (κ3) is 5.55. The standard InChI is InChI=1S/C26H23ClN2O4S/c1-31-20-12-10-18(11-13-20)16-23-25(30)29(19-6-5-7-21(17-19)32-2)26(28-23)34-15-14-33-24-9-4-3-8-22(24)27/h3-13,16-17H,14-15H2,1-2H3/b23-16-. The van der Waals surface area contributed by atoms with Gasteiger partial charge in [-0.05, 0) is 48.0 Å². The molecule has 6 nitrogen and oxygen atoms in total. The molecule has 1 heterocycles. The lowest BCUT2D eigenvalue weighted by molar-refractivity contribution is -0.113. The summed E-state index contributed by atoms with van der Waals surface area (Å²) in [4.78, 5) is 19.6. The van der Waals surface area contributed by atoms with Crippen molar-refractivity contribution in [3.05, 3.63) is 89.1 Å². The SMILES string of the molecule is COc1ccc(/C=C2\N=C(SCCOc3ccccc3Cl)N(c3cccc(OC)c3)C2=O)cc1. The molecule has 1 aliphatic heterocycles. The summed E-state index contributed by atoms with van der Waals surface area (Å²) in [6.45, 7) is 0.408. The molecular weight excluding hydrogens is 472 g/mol. The Kier molecular flexibility index (Phi) is 7.77. The second-order valence-corrected chi connectivity index (χ2v) is 8.64. The Morgan fingerprint density at radius 1 is 0.971 bits per heavy atom. The lowest BCUT2D eigenvalue weighted by atomic mass is 10.2. The van der Waals surface area contributed by atoms with E-state index in [1.54, 1.807) is 31.3 Å². The zero-order chi connectivity index (χ0) is 23.9.